The topological polar surface area (TPSA) is 83.0 Å². The molecule has 6 nitrogen and oxygen atoms in total. The van der Waals surface area contributed by atoms with E-state index in [1.54, 1.807) is 12.3 Å². The second-order valence-corrected chi connectivity index (χ2v) is 8.70. The fraction of sp³-hybridized carbons (Fsp3) is 0.200. The van der Waals surface area contributed by atoms with Crippen molar-refractivity contribution in [3.8, 4) is 11.5 Å². The van der Waals surface area contributed by atoms with Crippen molar-refractivity contribution in [2.45, 2.75) is 13.3 Å². The number of carbonyl (C=O) groups excluding carboxylic acids is 1. The standard InChI is InChI=1S/C25H24Cl3N3O3/c1-16-12-20(34-11-10-29-9-8-17-2-6-21(26)22(27)13-17)5-3-19(16)15-30-31-25(33)18-4-7-24(32)23(28)14-18/h2-7,12-15,29,32H,8-11H2,1H3,(H,31,33)/b30-15+. The van der Waals surface area contributed by atoms with Gasteiger partial charge in [-0.3, -0.25) is 4.79 Å². The minimum atomic E-state index is -0.428. The zero-order valence-corrected chi connectivity index (χ0v) is 20.7. The van der Waals surface area contributed by atoms with E-state index in [2.05, 4.69) is 15.8 Å². The molecule has 9 heteroatoms. The maximum Gasteiger partial charge on any atom is 0.271 e. The van der Waals surface area contributed by atoms with Crippen molar-refractivity contribution in [2.24, 2.45) is 5.10 Å². The Hall–Kier alpha value is -2.77. The molecule has 0 aliphatic rings. The van der Waals surface area contributed by atoms with Gasteiger partial charge in [-0.1, -0.05) is 40.9 Å². The molecule has 3 N–H and O–H groups in total. The van der Waals surface area contributed by atoms with Crippen molar-refractivity contribution < 1.29 is 14.6 Å². The molecule has 0 bridgehead atoms. The van der Waals surface area contributed by atoms with E-state index in [0.717, 1.165) is 35.4 Å². The number of hydrogen-bond donors (Lipinski definition) is 3. The maximum atomic E-state index is 12.1. The fourth-order valence-corrected chi connectivity index (χ4v) is 3.55. The summed E-state index contributed by atoms with van der Waals surface area (Å²) in [6, 6.07) is 15.5. The van der Waals surface area contributed by atoms with E-state index >= 15 is 0 Å². The normalized spacial score (nSPS) is 11.1. The lowest BCUT2D eigenvalue weighted by molar-refractivity contribution is 0.0955. The summed E-state index contributed by atoms with van der Waals surface area (Å²) in [5.74, 6) is 0.241. The molecule has 0 fully saturated rings. The van der Waals surface area contributed by atoms with Crippen molar-refractivity contribution in [3.05, 3.63) is 91.9 Å². The van der Waals surface area contributed by atoms with E-state index in [-0.39, 0.29) is 10.8 Å². The molecule has 1 amide bonds. The molecule has 0 aliphatic heterocycles. The number of nitrogens with one attached hydrogen (secondary N) is 2. The van der Waals surface area contributed by atoms with E-state index in [1.165, 1.54) is 18.2 Å². The number of halogens is 3. The van der Waals surface area contributed by atoms with Crippen LogP contribution in [0.15, 0.2) is 59.7 Å². The van der Waals surface area contributed by atoms with Gasteiger partial charge in [0.25, 0.3) is 5.91 Å². The van der Waals surface area contributed by atoms with Gasteiger partial charge in [-0.05, 0) is 85.1 Å². The van der Waals surface area contributed by atoms with Crippen LogP contribution in [0.5, 0.6) is 11.5 Å². The van der Waals surface area contributed by atoms with Gasteiger partial charge in [0.1, 0.15) is 18.1 Å². The minimum Gasteiger partial charge on any atom is -0.506 e. The van der Waals surface area contributed by atoms with Gasteiger partial charge in [0.05, 0.1) is 21.3 Å². The molecular formula is C25H24Cl3N3O3. The Labute approximate surface area is 213 Å². The SMILES string of the molecule is Cc1cc(OCCNCCc2ccc(Cl)c(Cl)c2)ccc1/C=N/NC(=O)c1ccc(O)c(Cl)c1. The molecule has 0 spiro atoms. The van der Waals surface area contributed by atoms with Crippen LogP contribution in [0, 0.1) is 6.92 Å². The minimum absolute atomic E-state index is 0.0845. The van der Waals surface area contributed by atoms with E-state index in [0.29, 0.717) is 28.8 Å². The highest BCUT2D eigenvalue weighted by atomic mass is 35.5. The van der Waals surface area contributed by atoms with Crippen molar-refractivity contribution in [3.63, 3.8) is 0 Å². The lowest BCUT2D eigenvalue weighted by Gasteiger charge is -2.10. The summed E-state index contributed by atoms with van der Waals surface area (Å²) in [4.78, 5) is 12.1. The molecule has 3 aromatic rings. The van der Waals surface area contributed by atoms with E-state index in [4.69, 9.17) is 39.5 Å². The van der Waals surface area contributed by atoms with Crippen LogP contribution in [0.3, 0.4) is 0 Å². The second-order valence-electron chi connectivity index (χ2n) is 7.48. The molecule has 0 atom stereocenters. The average molecular weight is 521 g/mol. The third-order valence-electron chi connectivity index (χ3n) is 4.94. The monoisotopic (exact) mass is 519 g/mol. The highest BCUT2D eigenvalue weighted by Crippen LogP contribution is 2.24. The molecule has 3 rings (SSSR count). The fourth-order valence-electron chi connectivity index (χ4n) is 3.05. The summed E-state index contributed by atoms with van der Waals surface area (Å²) in [5.41, 5.74) is 5.66. The number of rotatable bonds is 10. The molecule has 3 aromatic carbocycles. The summed E-state index contributed by atoms with van der Waals surface area (Å²) in [6.45, 7) is 3.97. The molecule has 0 heterocycles. The largest absolute Gasteiger partial charge is 0.506 e. The van der Waals surface area contributed by atoms with Crippen molar-refractivity contribution in [2.75, 3.05) is 19.7 Å². The van der Waals surface area contributed by atoms with Crippen LogP contribution < -0.4 is 15.5 Å². The third kappa shape index (κ3) is 7.64. The van der Waals surface area contributed by atoms with E-state index < -0.39 is 5.91 Å². The molecular weight excluding hydrogens is 497 g/mol. The van der Waals surface area contributed by atoms with Gasteiger partial charge >= 0.3 is 0 Å². The molecule has 0 radical (unpaired) electrons. The molecule has 0 saturated carbocycles. The number of aryl methyl sites for hydroxylation is 1. The van der Waals surface area contributed by atoms with Crippen LogP contribution in [0.25, 0.3) is 0 Å². The number of nitrogens with zero attached hydrogens (tertiary/aromatic N) is 1. The maximum absolute atomic E-state index is 12.1. The number of phenolic OH excluding ortho intramolecular Hbond substituents is 1. The lowest BCUT2D eigenvalue weighted by atomic mass is 10.1. The first-order valence-corrected chi connectivity index (χ1v) is 11.7. The molecule has 0 unspecified atom stereocenters. The number of phenols is 1. The van der Waals surface area contributed by atoms with Gasteiger partial charge in [0.15, 0.2) is 0 Å². The summed E-state index contributed by atoms with van der Waals surface area (Å²) in [6.07, 6.45) is 2.41. The molecule has 0 aromatic heterocycles. The van der Waals surface area contributed by atoms with E-state index in [1.807, 2.05) is 37.3 Å². The number of ether oxygens (including phenoxy) is 1. The Bertz CT molecular complexity index is 1190. The quantitative estimate of drug-likeness (QED) is 0.184. The van der Waals surface area contributed by atoms with Crippen LogP contribution in [0.1, 0.15) is 27.0 Å². The van der Waals surface area contributed by atoms with Gasteiger partial charge < -0.3 is 15.2 Å². The third-order valence-corrected chi connectivity index (χ3v) is 5.98. The lowest BCUT2D eigenvalue weighted by Crippen LogP contribution is -2.23. The van der Waals surface area contributed by atoms with Gasteiger partial charge in [-0.15, -0.1) is 0 Å². The predicted molar refractivity (Wildman–Crippen MR) is 138 cm³/mol. The molecule has 0 saturated heterocycles. The number of amides is 1. The number of carbonyl (C=O) groups is 1. The Balaban J connectivity index is 1.40. The highest BCUT2D eigenvalue weighted by molar-refractivity contribution is 6.42. The van der Waals surface area contributed by atoms with Crippen molar-refractivity contribution in [1.29, 1.82) is 0 Å². The first kappa shape index (κ1) is 25.8. The van der Waals surface area contributed by atoms with Gasteiger partial charge in [0, 0.05) is 12.1 Å². The van der Waals surface area contributed by atoms with Crippen LogP contribution in [0.4, 0.5) is 0 Å². The van der Waals surface area contributed by atoms with Gasteiger partial charge in [-0.25, -0.2) is 5.43 Å². The zero-order chi connectivity index (χ0) is 24.5. The smallest absolute Gasteiger partial charge is 0.271 e. The summed E-state index contributed by atoms with van der Waals surface area (Å²) in [7, 11) is 0. The zero-order valence-electron chi connectivity index (χ0n) is 18.4. The number of hydrazone groups is 1. The molecule has 0 aliphatic carbocycles. The summed E-state index contributed by atoms with van der Waals surface area (Å²) in [5, 5.41) is 18.0. The Morgan fingerprint density at radius 2 is 1.82 bits per heavy atom. The van der Waals surface area contributed by atoms with Crippen molar-refractivity contribution >= 4 is 46.9 Å². The second kappa shape index (κ2) is 12.6. The number of hydrogen-bond acceptors (Lipinski definition) is 5. The first-order valence-electron chi connectivity index (χ1n) is 10.5. The van der Waals surface area contributed by atoms with Crippen LogP contribution >= 0.6 is 34.8 Å². The van der Waals surface area contributed by atoms with Crippen LogP contribution in [-0.2, 0) is 6.42 Å². The predicted octanol–water partition coefficient (Wildman–Crippen LogP) is 5.64. The Kier molecular flexibility index (Phi) is 9.60. The van der Waals surface area contributed by atoms with Crippen LogP contribution in [-0.4, -0.2) is 36.9 Å². The van der Waals surface area contributed by atoms with Gasteiger partial charge in [0.2, 0.25) is 0 Å². The summed E-state index contributed by atoms with van der Waals surface area (Å²) < 4.78 is 5.80. The van der Waals surface area contributed by atoms with Gasteiger partial charge in [-0.2, -0.15) is 5.10 Å². The first-order chi connectivity index (χ1) is 16.3. The van der Waals surface area contributed by atoms with Crippen molar-refractivity contribution in [1.82, 2.24) is 10.7 Å². The highest BCUT2D eigenvalue weighted by Gasteiger charge is 2.07. The van der Waals surface area contributed by atoms with E-state index in [9.17, 15) is 9.90 Å². The Morgan fingerprint density at radius 3 is 2.56 bits per heavy atom. The van der Waals surface area contributed by atoms with Crippen LogP contribution in [0.2, 0.25) is 15.1 Å². The average Bonchev–Trinajstić information content (AvgIpc) is 2.81. The molecule has 178 valence electrons. The summed E-state index contributed by atoms with van der Waals surface area (Å²) >= 11 is 17.8. The molecule has 34 heavy (non-hydrogen) atoms. The number of benzene rings is 3. The number of aromatic hydroxyl groups is 1. The Morgan fingerprint density at radius 1 is 1.00 bits per heavy atom.